The Bertz CT molecular complexity index is 956. The van der Waals surface area contributed by atoms with Crippen molar-refractivity contribution in [1.29, 1.82) is 0 Å². The zero-order chi connectivity index (χ0) is 17.1. The number of benzene rings is 2. The molecule has 3 rings (SSSR count). The zero-order valence-electron chi connectivity index (χ0n) is 12.9. The molecule has 0 aliphatic rings. The second-order valence-corrected chi connectivity index (χ2v) is 6.29. The van der Waals surface area contributed by atoms with Gasteiger partial charge in [-0.15, -0.1) is 11.3 Å². The van der Waals surface area contributed by atoms with Gasteiger partial charge in [-0.3, -0.25) is 4.79 Å². The van der Waals surface area contributed by atoms with Crippen molar-refractivity contribution in [2.24, 2.45) is 0 Å². The van der Waals surface area contributed by atoms with Crippen LogP contribution < -0.4 is 5.32 Å². The molecule has 1 aromatic heterocycles. The van der Waals surface area contributed by atoms with Gasteiger partial charge in [-0.2, -0.15) is 0 Å². The Morgan fingerprint density at radius 3 is 2.71 bits per heavy atom. The maximum absolute atomic E-state index is 12.2. The number of carboxylic acid groups (broad SMARTS) is 1. The van der Waals surface area contributed by atoms with E-state index in [1.807, 2.05) is 36.6 Å². The van der Waals surface area contributed by atoms with Crippen LogP contribution in [0.3, 0.4) is 0 Å². The van der Waals surface area contributed by atoms with E-state index in [1.54, 1.807) is 29.5 Å². The second kappa shape index (κ2) is 6.68. The number of amides is 1. The van der Waals surface area contributed by atoms with Crippen LogP contribution in [0, 0.1) is 0 Å². The smallest absolute Gasteiger partial charge is 0.337 e. The van der Waals surface area contributed by atoms with Gasteiger partial charge in [0.05, 0.1) is 11.3 Å². The van der Waals surface area contributed by atoms with Crippen LogP contribution >= 0.6 is 11.3 Å². The first-order valence-electron chi connectivity index (χ1n) is 7.34. The van der Waals surface area contributed by atoms with Crippen molar-refractivity contribution < 1.29 is 14.7 Å². The molecule has 0 atom stereocenters. The number of para-hydroxylation sites is 1. The molecule has 2 N–H and O–H groups in total. The van der Waals surface area contributed by atoms with Gasteiger partial charge in [0.25, 0.3) is 0 Å². The zero-order valence-corrected chi connectivity index (χ0v) is 13.8. The molecular formula is C19H15NO3S. The van der Waals surface area contributed by atoms with Gasteiger partial charge < -0.3 is 10.4 Å². The SMILES string of the molecule is CC(=CC(=O)Nc1ccccc1C(=O)O)c1ccc2sccc2c1. The molecule has 0 spiro atoms. The third-order valence-electron chi connectivity index (χ3n) is 3.67. The second-order valence-electron chi connectivity index (χ2n) is 5.34. The van der Waals surface area contributed by atoms with Crippen molar-refractivity contribution in [3.8, 4) is 0 Å². The summed E-state index contributed by atoms with van der Waals surface area (Å²) in [5, 5.41) is 15.0. The van der Waals surface area contributed by atoms with Crippen molar-refractivity contribution in [3.63, 3.8) is 0 Å². The minimum Gasteiger partial charge on any atom is -0.478 e. The number of anilines is 1. The lowest BCUT2D eigenvalue weighted by molar-refractivity contribution is -0.111. The highest BCUT2D eigenvalue weighted by Crippen LogP contribution is 2.25. The lowest BCUT2D eigenvalue weighted by Gasteiger charge is -2.07. The summed E-state index contributed by atoms with van der Waals surface area (Å²) in [5.41, 5.74) is 2.12. The summed E-state index contributed by atoms with van der Waals surface area (Å²) in [7, 11) is 0. The quantitative estimate of drug-likeness (QED) is 0.682. The van der Waals surface area contributed by atoms with Gasteiger partial charge in [-0.1, -0.05) is 18.2 Å². The topological polar surface area (TPSA) is 66.4 Å². The summed E-state index contributed by atoms with van der Waals surface area (Å²) in [6, 6.07) is 14.4. The van der Waals surface area contributed by atoms with E-state index in [0.29, 0.717) is 0 Å². The molecule has 0 bridgehead atoms. The van der Waals surface area contributed by atoms with E-state index in [2.05, 4.69) is 5.32 Å². The molecular weight excluding hydrogens is 322 g/mol. The first kappa shape index (κ1) is 16.0. The molecule has 0 unspecified atom stereocenters. The molecule has 0 saturated carbocycles. The third kappa shape index (κ3) is 3.36. The molecule has 1 heterocycles. The Morgan fingerprint density at radius 1 is 1.12 bits per heavy atom. The van der Waals surface area contributed by atoms with Crippen molar-refractivity contribution >= 4 is 44.6 Å². The van der Waals surface area contributed by atoms with Crippen molar-refractivity contribution in [2.45, 2.75) is 6.92 Å². The van der Waals surface area contributed by atoms with Crippen molar-refractivity contribution in [2.75, 3.05) is 5.32 Å². The van der Waals surface area contributed by atoms with E-state index in [9.17, 15) is 9.59 Å². The molecule has 0 saturated heterocycles. The van der Waals surface area contributed by atoms with Gasteiger partial charge >= 0.3 is 5.97 Å². The van der Waals surface area contributed by atoms with Crippen LogP contribution in [0.2, 0.25) is 0 Å². The summed E-state index contributed by atoms with van der Waals surface area (Å²) in [5.74, 6) is -1.43. The number of carbonyl (C=O) groups is 2. The van der Waals surface area contributed by atoms with E-state index in [1.165, 1.54) is 16.8 Å². The number of carboxylic acids is 1. The number of fused-ring (bicyclic) bond motifs is 1. The molecule has 0 radical (unpaired) electrons. The molecule has 0 aliphatic carbocycles. The lowest BCUT2D eigenvalue weighted by Crippen LogP contribution is -2.12. The van der Waals surface area contributed by atoms with Gasteiger partial charge in [-0.25, -0.2) is 4.79 Å². The van der Waals surface area contributed by atoms with Crippen LogP contribution in [0.5, 0.6) is 0 Å². The number of nitrogens with one attached hydrogen (secondary N) is 1. The average Bonchev–Trinajstić information content (AvgIpc) is 3.02. The highest BCUT2D eigenvalue weighted by atomic mass is 32.1. The van der Waals surface area contributed by atoms with E-state index in [-0.39, 0.29) is 17.2 Å². The van der Waals surface area contributed by atoms with Gasteiger partial charge in [0, 0.05) is 10.8 Å². The fourth-order valence-electron chi connectivity index (χ4n) is 2.44. The molecule has 3 aromatic rings. The largest absolute Gasteiger partial charge is 0.478 e. The predicted molar refractivity (Wildman–Crippen MR) is 97.5 cm³/mol. The van der Waals surface area contributed by atoms with Crippen LogP contribution in [-0.4, -0.2) is 17.0 Å². The number of hydrogen-bond acceptors (Lipinski definition) is 3. The highest BCUT2D eigenvalue weighted by molar-refractivity contribution is 7.17. The van der Waals surface area contributed by atoms with Crippen LogP contribution in [-0.2, 0) is 4.79 Å². The molecule has 5 heteroatoms. The Balaban J connectivity index is 1.82. The van der Waals surface area contributed by atoms with Gasteiger partial charge in [0.1, 0.15) is 0 Å². The lowest BCUT2D eigenvalue weighted by atomic mass is 10.1. The van der Waals surface area contributed by atoms with Crippen LogP contribution in [0.15, 0.2) is 60.0 Å². The Labute approximate surface area is 143 Å². The maximum Gasteiger partial charge on any atom is 0.337 e. The van der Waals surface area contributed by atoms with Gasteiger partial charge in [-0.05, 0) is 59.2 Å². The summed E-state index contributed by atoms with van der Waals surface area (Å²) >= 11 is 1.67. The standard InChI is InChI=1S/C19H15NO3S/c1-12(13-6-7-17-14(11-13)8-9-24-17)10-18(21)20-16-5-3-2-4-15(16)19(22)23/h2-11H,1H3,(H,20,21)(H,22,23). The van der Waals surface area contributed by atoms with Crippen molar-refractivity contribution in [1.82, 2.24) is 0 Å². The Hall–Kier alpha value is -2.92. The number of carbonyl (C=O) groups excluding carboxylic acids is 1. The number of aromatic carboxylic acids is 1. The summed E-state index contributed by atoms with van der Waals surface area (Å²) in [6.45, 7) is 1.86. The number of hydrogen-bond donors (Lipinski definition) is 2. The molecule has 4 nitrogen and oxygen atoms in total. The average molecular weight is 337 g/mol. The number of rotatable bonds is 4. The maximum atomic E-state index is 12.2. The highest BCUT2D eigenvalue weighted by Gasteiger charge is 2.11. The van der Waals surface area contributed by atoms with Crippen LogP contribution in [0.4, 0.5) is 5.69 Å². The van der Waals surface area contributed by atoms with Crippen LogP contribution in [0.1, 0.15) is 22.8 Å². The summed E-state index contributed by atoms with van der Waals surface area (Å²) in [4.78, 5) is 23.4. The normalized spacial score (nSPS) is 11.5. The molecule has 24 heavy (non-hydrogen) atoms. The Kier molecular flexibility index (Phi) is 4.44. The van der Waals surface area contributed by atoms with Crippen LogP contribution in [0.25, 0.3) is 15.7 Å². The Morgan fingerprint density at radius 2 is 1.92 bits per heavy atom. The van der Waals surface area contributed by atoms with Crippen molar-refractivity contribution in [3.05, 3.63) is 71.1 Å². The van der Waals surface area contributed by atoms with Gasteiger partial charge in [0.15, 0.2) is 0 Å². The van der Waals surface area contributed by atoms with E-state index in [0.717, 1.165) is 16.5 Å². The fraction of sp³-hybridized carbons (Fsp3) is 0.0526. The molecule has 0 aliphatic heterocycles. The predicted octanol–water partition coefficient (Wildman–Crippen LogP) is 4.64. The first-order valence-corrected chi connectivity index (χ1v) is 8.22. The summed E-state index contributed by atoms with van der Waals surface area (Å²) < 4.78 is 1.20. The number of thiophene rings is 1. The first-order chi connectivity index (χ1) is 11.5. The summed E-state index contributed by atoms with van der Waals surface area (Å²) in [6.07, 6.45) is 1.48. The van der Waals surface area contributed by atoms with E-state index < -0.39 is 5.97 Å². The molecule has 0 fully saturated rings. The number of allylic oxidation sites excluding steroid dienone is 1. The minimum absolute atomic E-state index is 0.0663. The van der Waals surface area contributed by atoms with Gasteiger partial charge in [0.2, 0.25) is 5.91 Å². The minimum atomic E-state index is -1.07. The third-order valence-corrected chi connectivity index (χ3v) is 4.57. The molecule has 120 valence electrons. The monoisotopic (exact) mass is 337 g/mol. The fourth-order valence-corrected chi connectivity index (χ4v) is 3.21. The van der Waals surface area contributed by atoms with E-state index in [4.69, 9.17) is 5.11 Å². The molecule has 1 amide bonds. The molecule has 2 aromatic carbocycles. The van der Waals surface area contributed by atoms with E-state index >= 15 is 0 Å².